The van der Waals surface area contributed by atoms with Crippen LogP contribution in [0, 0.1) is 0 Å². The van der Waals surface area contributed by atoms with Crippen LogP contribution in [0.25, 0.3) is 0 Å². The molecule has 1 aliphatic carbocycles. The molecule has 2 fully saturated rings. The van der Waals surface area contributed by atoms with Crippen molar-refractivity contribution in [2.45, 2.75) is 55.2 Å². The first-order chi connectivity index (χ1) is 16.7. The second-order valence-corrected chi connectivity index (χ2v) is 10.6. The molecular weight excluding hydrogens is 500 g/mol. The number of aromatic nitrogens is 3. The van der Waals surface area contributed by atoms with Crippen molar-refractivity contribution in [3.8, 4) is 5.88 Å². The summed E-state index contributed by atoms with van der Waals surface area (Å²) in [6, 6.07) is 2.61. The lowest BCUT2D eigenvalue weighted by molar-refractivity contribution is 0.102. The van der Waals surface area contributed by atoms with Gasteiger partial charge in [0.05, 0.1) is 31.7 Å². The van der Waals surface area contributed by atoms with Crippen LogP contribution >= 0.6 is 11.6 Å². The minimum Gasteiger partial charge on any atom is -0.481 e. The van der Waals surface area contributed by atoms with Gasteiger partial charge in [-0.15, -0.1) is 0 Å². The molecule has 2 aromatic rings. The van der Waals surface area contributed by atoms with E-state index in [-0.39, 0.29) is 28.1 Å². The molecule has 1 amide bonds. The number of methoxy groups -OCH3 is 1. The van der Waals surface area contributed by atoms with E-state index in [0.717, 1.165) is 0 Å². The lowest BCUT2D eigenvalue weighted by Gasteiger charge is -2.29. The summed E-state index contributed by atoms with van der Waals surface area (Å²) >= 11 is 6.06. The Morgan fingerprint density at radius 1 is 1.17 bits per heavy atom. The number of hydrogen-bond acceptors (Lipinski definition) is 9. The lowest BCUT2D eigenvalue weighted by atomic mass is 9.92. The van der Waals surface area contributed by atoms with Crippen molar-refractivity contribution in [1.29, 1.82) is 0 Å². The summed E-state index contributed by atoms with van der Waals surface area (Å²) in [6.07, 6.45) is 4.89. The highest BCUT2D eigenvalue weighted by molar-refractivity contribution is 7.89. The summed E-state index contributed by atoms with van der Waals surface area (Å²) in [5.74, 6) is 0.337. The van der Waals surface area contributed by atoms with Gasteiger partial charge in [0.1, 0.15) is 16.0 Å². The molecule has 14 heteroatoms. The summed E-state index contributed by atoms with van der Waals surface area (Å²) in [4.78, 5) is 29.9. The molecule has 35 heavy (non-hydrogen) atoms. The van der Waals surface area contributed by atoms with Gasteiger partial charge in [0.2, 0.25) is 15.9 Å². The molecule has 0 unspecified atom stereocenters. The minimum atomic E-state index is -3.70. The van der Waals surface area contributed by atoms with Gasteiger partial charge < -0.3 is 19.7 Å². The highest BCUT2D eigenvalue weighted by Crippen LogP contribution is 2.26. The molecule has 1 saturated heterocycles. The number of carbonyl (C=O) groups is 1. The number of halogens is 1. The number of H-pyrrole nitrogens is 1. The van der Waals surface area contributed by atoms with Crippen LogP contribution in [0.5, 0.6) is 5.88 Å². The summed E-state index contributed by atoms with van der Waals surface area (Å²) in [7, 11) is -2.24. The first-order valence-electron chi connectivity index (χ1n) is 11.2. The molecular formula is C21H27ClN6O6S. The van der Waals surface area contributed by atoms with Gasteiger partial charge in [0, 0.05) is 31.1 Å². The molecule has 0 aromatic carbocycles. The Morgan fingerprint density at radius 2 is 1.91 bits per heavy atom. The first-order valence-corrected chi connectivity index (χ1v) is 13.1. The van der Waals surface area contributed by atoms with Crippen LogP contribution < -0.4 is 25.2 Å². The van der Waals surface area contributed by atoms with Crippen molar-refractivity contribution in [3.63, 3.8) is 0 Å². The predicted octanol–water partition coefficient (Wildman–Crippen LogP) is 1.42. The van der Waals surface area contributed by atoms with Gasteiger partial charge >= 0.3 is 6.09 Å². The van der Waals surface area contributed by atoms with Crippen molar-refractivity contribution >= 4 is 33.4 Å². The van der Waals surface area contributed by atoms with Crippen LogP contribution in [-0.4, -0.2) is 68.1 Å². The van der Waals surface area contributed by atoms with Crippen LogP contribution in [0.1, 0.15) is 32.1 Å². The Labute approximate surface area is 207 Å². The fourth-order valence-corrected chi connectivity index (χ4v) is 5.74. The summed E-state index contributed by atoms with van der Waals surface area (Å²) in [5, 5.41) is 8.98. The first kappa shape index (κ1) is 25.2. The van der Waals surface area contributed by atoms with Crippen molar-refractivity contribution in [1.82, 2.24) is 25.2 Å². The number of sulfonamides is 1. The number of rotatable bonds is 7. The van der Waals surface area contributed by atoms with Gasteiger partial charge in [0.25, 0.3) is 5.56 Å². The Kier molecular flexibility index (Phi) is 7.77. The van der Waals surface area contributed by atoms with Crippen LogP contribution in [-0.2, 0) is 14.8 Å². The molecule has 1 aliphatic heterocycles. The van der Waals surface area contributed by atoms with Gasteiger partial charge in [-0.05, 0) is 31.7 Å². The van der Waals surface area contributed by atoms with E-state index in [1.807, 2.05) is 4.90 Å². The van der Waals surface area contributed by atoms with E-state index in [1.165, 1.54) is 31.6 Å². The van der Waals surface area contributed by atoms with Crippen molar-refractivity contribution in [2.24, 2.45) is 0 Å². The second-order valence-electron chi connectivity index (χ2n) is 8.51. The third-order valence-electron chi connectivity index (χ3n) is 6.14. The van der Waals surface area contributed by atoms with E-state index >= 15 is 0 Å². The number of anilines is 1. The predicted molar refractivity (Wildman–Crippen MR) is 127 cm³/mol. The Morgan fingerprint density at radius 3 is 2.60 bits per heavy atom. The Bertz CT molecular complexity index is 1200. The number of aromatic amines is 1. The Balaban J connectivity index is 1.21. The SMILES string of the molecule is COc1ccc(S(=O)(=O)NC2CCC(NC(=O)O[C@@H]3CCN(c4cn[nH]c(=O)c4Cl)C3)CC2)cn1. The molecule has 2 aromatic heterocycles. The highest BCUT2D eigenvalue weighted by Gasteiger charge is 2.30. The van der Waals surface area contributed by atoms with E-state index in [0.29, 0.717) is 56.8 Å². The van der Waals surface area contributed by atoms with Crippen molar-refractivity contribution < 1.29 is 22.7 Å². The maximum atomic E-state index is 12.6. The molecule has 1 saturated carbocycles. The average Bonchev–Trinajstić information content (AvgIpc) is 3.30. The molecule has 0 radical (unpaired) electrons. The summed E-state index contributed by atoms with van der Waals surface area (Å²) < 4.78 is 38.4. The number of nitrogens with one attached hydrogen (secondary N) is 3. The molecule has 1 atom stereocenters. The number of nitrogens with zero attached hydrogens (tertiary/aromatic N) is 3. The fourth-order valence-electron chi connectivity index (χ4n) is 4.28. The molecule has 3 N–H and O–H groups in total. The largest absolute Gasteiger partial charge is 0.481 e. The number of carbonyl (C=O) groups excluding carboxylic acids is 1. The lowest BCUT2D eigenvalue weighted by Crippen LogP contribution is -2.44. The zero-order valence-corrected chi connectivity index (χ0v) is 20.6. The number of ether oxygens (including phenoxy) is 2. The monoisotopic (exact) mass is 526 g/mol. The molecule has 12 nitrogen and oxygen atoms in total. The summed E-state index contributed by atoms with van der Waals surface area (Å²) in [5.41, 5.74) is 0.0398. The Hall–Kier alpha value is -2.90. The fraction of sp³-hybridized carbons (Fsp3) is 0.524. The van der Waals surface area contributed by atoms with E-state index in [2.05, 4.69) is 25.2 Å². The van der Waals surface area contributed by atoms with Gasteiger partial charge in [-0.3, -0.25) is 4.79 Å². The molecule has 4 rings (SSSR count). The number of hydrogen-bond donors (Lipinski definition) is 3. The van der Waals surface area contributed by atoms with E-state index in [4.69, 9.17) is 21.1 Å². The number of alkyl carbamates (subject to hydrolysis) is 1. The standard InChI is InChI=1S/C21H27ClN6O6S/c1-33-18-7-6-16(10-23-18)35(31,32)27-14-4-2-13(3-5-14)25-21(30)34-15-8-9-28(12-15)17-11-24-26-20(29)19(17)22/h6-7,10-11,13-15,27H,2-5,8-9,12H2,1H3,(H,25,30)(H,26,29)/t13?,14?,15-/m1/s1. The van der Waals surface area contributed by atoms with Crippen LogP contribution in [0.3, 0.4) is 0 Å². The topological polar surface area (TPSA) is 156 Å². The normalized spacial score (nSPS) is 22.6. The van der Waals surface area contributed by atoms with Crippen LogP contribution in [0.15, 0.2) is 34.2 Å². The maximum absolute atomic E-state index is 12.6. The molecule has 0 bridgehead atoms. The quantitative estimate of drug-likeness (QED) is 0.485. The molecule has 2 aliphatic rings. The van der Waals surface area contributed by atoms with Crippen LogP contribution in [0.2, 0.25) is 5.02 Å². The highest BCUT2D eigenvalue weighted by atomic mass is 35.5. The van der Waals surface area contributed by atoms with Crippen LogP contribution in [0.4, 0.5) is 10.5 Å². The molecule has 0 spiro atoms. The van der Waals surface area contributed by atoms with E-state index < -0.39 is 21.7 Å². The maximum Gasteiger partial charge on any atom is 0.407 e. The van der Waals surface area contributed by atoms with Gasteiger partial charge in [0.15, 0.2) is 0 Å². The van der Waals surface area contributed by atoms with Crippen molar-refractivity contribution in [2.75, 3.05) is 25.1 Å². The smallest absolute Gasteiger partial charge is 0.407 e. The number of pyridine rings is 1. The van der Waals surface area contributed by atoms with Gasteiger partial charge in [-0.1, -0.05) is 11.6 Å². The summed E-state index contributed by atoms with van der Waals surface area (Å²) in [6.45, 7) is 0.991. The second kappa shape index (κ2) is 10.8. The molecule has 3 heterocycles. The zero-order chi connectivity index (χ0) is 25.0. The minimum absolute atomic E-state index is 0.0562. The van der Waals surface area contributed by atoms with E-state index in [1.54, 1.807) is 0 Å². The third kappa shape index (κ3) is 6.21. The van der Waals surface area contributed by atoms with Gasteiger partial charge in [-0.2, -0.15) is 5.10 Å². The van der Waals surface area contributed by atoms with Crippen molar-refractivity contribution in [3.05, 3.63) is 39.9 Å². The van der Waals surface area contributed by atoms with E-state index in [9.17, 15) is 18.0 Å². The van der Waals surface area contributed by atoms with Gasteiger partial charge in [-0.25, -0.2) is 28.0 Å². The molecule has 190 valence electrons. The number of amides is 1. The zero-order valence-electron chi connectivity index (χ0n) is 19.1. The average molecular weight is 527 g/mol. The third-order valence-corrected chi connectivity index (χ3v) is 8.01.